The molecule has 0 aromatic heterocycles. The van der Waals surface area contributed by atoms with Crippen molar-refractivity contribution in [3.63, 3.8) is 0 Å². The summed E-state index contributed by atoms with van der Waals surface area (Å²) in [7, 11) is 0. The number of hydrogen-bond donors (Lipinski definition) is 0. The highest BCUT2D eigenvalue weighted by molar-refractivity contribution is 5.86. The molecular formula is C22H38O4. The highest BCUT2D eigenvalue weighted by Gasteiger charge is 2.07. The number of unbranched alkanes of at least 4 members (excludes halogenated alkanes) is 9. The molecule has 0 atom stereocenters. The first kappa shape index (κ1) is 24.4. The molecule has 0 radical (unpaired) electrons. The van der Waals surface area contributed by atoms with Crippen LogP contribution in [0.1, 0.15) is 97.8 Å². The first-order valence-corrected chi connectivity index (χ1v) is 10.2. The molecule has 0 spiro atoms. The molecule has 0 fully saturated rings. The van der Waals surface area contributed by atoms with Crippen LogP contribution < -0.4 is 0 Å². The average molecular weight is 367 g/mol. The largest absolute Gasteiger partial charge is 0.462 e. The van der Waals surface area contributed by atoms with Gasteiger partial charge in [0.25, 0.3) is 0 Å². The summed E-state index contributed by atoms with van der Waals surface area (Å²) < 4.78 is 9.75. The Morgan fingerprint density at radius 1 is 0.962 bits per heavy atom. The predicted molar refractivity (Wildman–Crippen MR) is 107 cm³/mol. The third-order valence-electron chi connectivity index (χ3n) is 4.12. The van der Waals surface area contributed by atoms with Gasteiger partial charge in [-0.2, -0.15) is 0 Å². The zero-order chi connectivity index (χ0) is 19.6. The molecule has 150 valence electrons. The van der Waals surface area contributed by atoms with Crippen molar-refractivity contribution in [2.45, 2.75) is 97.8 Å². The number of carbonyl (C=O) groups is 2. The number of hydrogen-bond acceptors (Lipinski definition) is 4. The molecule has 0 aromatic carbocycles. The second-order valence-corrected chi connectivity index (χ2v) is 6.90. The number of carbonyl (C=O) groups excluding carboxylic acids is 2. The van der Waals surface area contributed by atoms with E-state index in [1.165, 1.54) is 64.7 Å². The van der Waals surface area contributed by atoms with Crippen LogP contribution in [0.3, 0.4) is 0 Å². The first-order chi connectivity index (χ1) is 12.5. The molecule has 0 heterocycles. The fourth-order valence-corrected chi connectivity index (χ4v) is 2.42. The quantitative estimate of drug-likeness (QED) is 0.219. The van der Waals surface area contributed by atoms with Gasteiger partial charge in [0, 0.05) is 18.9 Å². The van der Waals surface area contributed by atoms with E-state index in [-0.39, 0.29) is 11.9 Å². The molecule has 4 nitrogen and oxygen atoms in total. The molecule has 1 aliphatic rings. The lowest BCUT2D eigenvalue weighted by molar-refractivity contribution is -0.139. The fourth-order valence-electron chi connectivity index (χ4n) is 2.42. The maximum Gasteiger partial charge on any atom is 0.333 e. The fraction of sp³-hybridized carbons (Fsp3) is 0.727. The van der Waals surface area contributed by atoms with Gasteiger partial charge in [0.2, 0.25) is 0 Å². The summed E-state index contributed by atoms with van der Waals surface area (Å²) in [6, 6.07) is 0. The van der Waals surface area contributed by atoms with E-state index in [9.17, 15) is 9.59 Å². The van der Waals surface area contributed by atoms with E-state index >= 15 is 0 Å². The summed E-state index contributed by atoms with van der Waals surface area (Å²) in [5.41, 5.74) is 0.488. The molecular weight excluding hydrogens is 328 g/mol. The Morgan fingerprint density at radius 3 is 1.81 bits per heavy atom. The van der Waals surface area contributed by atoms with Crippen LogP contribution in [-0.4, -0.2) is 18.5 Å². The van der Waals surface area contributed by atoms with Crippen molar-refractivity contribution in [2.24, 2.45) is 0 Å². The maximum atomic E-state index is 11.1. The molecule has 0 saturated heterocycles. The monoisotopic (exact) mass is 366 g/mol. The van der Waals surface area contributed by atoms with Gasteiger partial charge < -0.3 is 9.47 Å². The molecule has 0 bridgehead atoms. The van der Waals surface area contributed by atoms with Crippen LogP contribution in [0.2, 0.25) is 0 Å². The summed E-state index contributed by atoms with van der Waals surface area (Å²) >= 11 is 0. The molecule has 26 heavy (non-hydrogen) atoms. The van der Waals surface area contributed by atoms with E-state index in [1.807, 2.05) is 6.08 Å². The molecule has 0 aromatic rings. The van der Waals surface area contributed by atoms with Gasteiger partial charge in [-0.15, -0.1) is 0 Å². The van der Waals surface area contributed by atoms with E-state index < -0.39 is 0 Å². The van der Waals surface area contributed by atoms with Gasteiger partial charge in [-0.05, 0) is 25.8 Å². The molecule has 1 aliphatic carbocycles. The Bertz CT molecular complexity index is 437. The molecule has 0 unspecified atom stereocenters. The first-order valence-electron chi connectivity index (χ1n) is 10.2. The number of allylic oxidation sites excluding steroid dienone is 2. The van der Waals surface area contributed by atoms with Crippen molar-refractivity contribution in [2.75, 3.05) is 6.61 Å². The lowest BCUT2D eigenvalue weighted by Gasteiger charge is -2.11. The third-order valence-corrected chi connectivity index (χ3v) is 4.12. The predicted octanol–water partition coefficient (Wildman–Crippen LogP) is 6.25. The highest BCUT2D eigenvalue weighted by atomic mass is 16.5. The van der Waals surface area contributed by atoms with Crippen molar-refractivity contribution in [1.82, 2.24) is 0 Å². The van der Waals surface area contributed by atoms with E-state index in [0.717, 1.165) is 25.0 Å². The molecule has 0 aliphatic heterocycles. The Balaban J connectivity index is 0.000000642. The second kappa shape index (κ2) is 16.9. The van der Waals surface area contributed by atoms with Gasteiger partial charge in [-0.3, -0.25) is 4.79 Å². The summed E-state index contributed by atoms with van der Waals surface area (Å²) in [4.78, 5) is 21.3. The van der Waals surface area contributed by atoms with Crippen molar-refractivity contribution in [1.29, 1.82) is 0 Å². The van der Waals surface area contributed by atoms with E-state index in [2.05, 4.69) is 13.5 Å². The minimum absolute atomic E-state index is 0.212. The SMILES string of the molecule is C=C(C)C(=O)OCCCCCCCCCCCC.CC(=O)OC1=CCC1. The van der Waals surface area contributed by atoms with E-state index in [1.54, 1.807) is 6.92 Å². The van der Waals surface area contributed by atoms with Gasteiger partial charge in [0.05, 0.1) is 6.61 Å². The molecule has 4 heteroatoms. The lowest BCUT2D eigenvalue weighted by Crippen LogP contribution is -2.05. The summed E-state index contributed by atoms with van der Waals surface area (Å²) in [6.45, 7) is 9.44. The summed E-state index contributed by atoms with van der Waals surface area (Å²) in [5.74, 6) is 0.361. The Labute approximate surface area is 160 Å². The van der Waals surface area contributed by atoms with Crippen LogP contribution in [0.15, 0.2) is 24.0 Å². The maximum absolute atomic E-state index is 11.1. The number of ether oxygens (including phenoxy) is 2. The second-order valence-electron chi connectivity index (χ2n) is 6.90. The van der Waals surface area contributed by atoms with Gasteiger partial charge >= 0.3 is 11.9 Å². The number of rotatable bonds is 13. The van der Waals surface area contributed by atoms with Crippen LogP contribution >= 0.6 is 0 Å². The van der Waals surface area contributed by atoms with Crippen molar-refractivity contribution in [3.05, 3.63) is 24.0 Å². The Morgan fingerprint density at radius 2 is 1.46 bits per heavy atom. The zero-order valence-corrected chi connectivity index (χ0v) is 17.1. The lowest BCUT2D eigenvalue weighted by atomic mass is 10.1. The van der Waals surface area contributed by atoms with Crippen LogP contribution in [0, 0.1) is 0 Å². The standard InChI is InChI=1S/C16H30O2.C6H8O2/c1-4-5-6-7-8-9-10-11-12-13-14-18-16(17)15(2)3;1-5(7)8-6-3-2-4-6/h2,4-14H2,1,3H3;3H,2,4H2,1H3. The van der Waals surface area contributed by atoms with Gasteiger partial charge in [0.15, 0.2) is 0 Å². The zero-order valence-electron chi connectivity index (χ0n) is 17.1. The topological polar surface area (TPSA) is 52.6 Å². The minimum atomic E-state index is -0.258. The summed E-state index contributed by atoms with van der Waals surface area (Å²) in [5, 5.41) is 0. The van der Waals surface area contributed by atoms with Gasteiger partial charge in [-0.25, -0.2) is 4.79 Å². The van der Waals surface area contributed by atoms with E-state index in [4.69, 9.17) is 9.47 Å². The normalized spacial score (nSPS) is 12.2. The van der Waals surface area contributed by atoms with Gasteiger partial charge in [0.1, 0.15) is 5.76 Å². The third kappa shape index (κ3) is 15.9. The molecule has 0 saturated carbocycles. The van der Waals surface area contributed by atoms with Crippen LogP contribution in [0.25, 0.3) is 0 Å². The van der Waals surface area contributed by atoms with Crippen LogP contribution in [-0.2, 0) is 19.1 Å². The van der Waals surface area contributed by atoms with Crippen molar-refractivity contribution < 1.29 is 19.1 Å². The molecule has 1 rings (SSSR count). The Kier molecular flexibility index (Phi) is 15.8. The number of esters is 2. The molecule has 0 N–H and O–H groups in total. The summed E-state index contributed by atoms with van der Waals surface area (Å²) in [6.07, 6.45) is 16.9. The minimum Gasteiger partial charge on any atom is -0.462 e. The smallest absolute Gasteiger partial charge is 0.333 e. The molecule has 0 amide bonds. The van der Waals surface area contributed by atoms with Gasteiger partial charge in [-0.1, -0.05) is 71.3 Å². The van der Waals surface area contributed by atoms with E-state index in [0.29, 0.717) is 12.2 Å². The average Bonchev–Trinajstić information content (AvgIpc) is 2.56. The van der Waals surface area contributed by atoms with Crippen LogP contribution in [0.5, 0.6) is 0 Å². The highest BCUT2D eigenvalue weighted by Crippen LogP contribution is 2.18. The van der Waals surface area contributed by atoms with Crippen molar-refractivity contribution in [3.8, 4) is 0 Å². The van der Waals surface area contributed by atoms with Crippen molar-refractivity contribution >= 4 is 11.9 Å². The Hall–Kier alpha value is -1.58. The van der Waals surface area contributed by atoms with Crippen LogP contribution in [0.4, 0.5) is 0 Å².